The zero-order chi connectivity index (χ0) is 39.8. The van der Waals surface area contributed by atoms with E-state index in [-0.39, 0.29) is 28.7 Å². The van der Waals surface area contributed by atoms with Gasteiger partial charge in [0, 0.05) is 41.5 Å². The van der Waals surface area contributed by atoms with Crippen LogP contribution in [0.1, 0.15) is 89.1 Å². The molecule has 4 aromatic rings. The van der Waals surface area contributed by atoms with Gasteiger partial charge in [-0.15, -0.1) is 0 Å². The highest BCUT2D eigenvalue weighted by molar-refractivity contribution is 5.75. The average Bonchev–Trinajstić information content (AvgIpc) is 3.06. The quantitative estimate of drug-likeness (QED) is 0.0986. The van der Waals surface area contributed by atoms with Gasteiger partial charge >= 0.3 is 35.8 Å². The van der Waals surface area contributed by atoms with E-state index in [9.17, 15) is 28.8 Å². The number of hydrogen-bond acceptors (Lipinski definition) is 12. The smallest absolute Gasteiger partial charge is 0.308 e. The summed E-state index contributed by atoms with van der Waals surface area (Å²) in [5, 5.41) is 0. The van der Waals surface area contributed by atoms with Gasteiger partial charge in [0.1, 0.15) is 0 Å². The van der Waals surface area contributed by atoms with Crippen molar-refractivity contribution in [3.05, 3.63) is 107 Å². The zero-order valence-corrected chi connectivity index (χ0v) is 31.4. The second-order valence-corrected chi connectivity index (χ2v) is 12.2. The summed E-state index contributed by atoms with van der Waals surface area (Å²) < 4.78 is 30.7. The van der Waals surface area contributed by atoms with Crippen molar-refractivity contribution in [3.8, 4) is 34.5 Å². The first kappa shape index (κ1) is 42.1. The van der Waals surface area contributed by atoms with Crippen molar-refractivity contribution in [3.63, 3.8) is 0 Å². The molecule has 0 fully saturated rings. The van der Waals surface area contributed by atoms with Gasteiger partial charge < -0.3 is 28.4 Å². The highest BCUT2D eigenvalue weighted by Crippen LogP contribution is 2.32. The fourth-order valence-corrected chi connectivity index (χ4v) is 5.16. The van der Waals surface area contributed by atoms with E-state index in [0.717, 1.165) is 47.1 Å². The summed E-state index contributed by atoms with van der Waals surface area (Å²) in [7, 11) is 0. The molecule has 0 unspecified atom stereocenters. The third-order valence-electron chi connectivity index (χ3n) is 7.17. The second kappa shape index (κ2) is 20.7. The lowest BCUT2D eigenvalue weighted by Crippen LogP contribution is -2.07. The number of carbonyl (C=O) groups excluding carboxylic acids is 6. The molecule has 0 aliphatic carbocycles. The topological polar surface area (TPSA) is 158 Å². The summed E-state index contributed by atoms with van der Waals surface area (Å²) in [5.74, 6) is -1.65. The average molecular weight is 741 g/mol. The van der Waals surface area contributed by atoms with E-state index in [1.54, 1.807) is 48.5 Å². The fourth-order valence-electron chi connectivity index (χ4n) is 5.16. The number of esters is 6. The summed E-state index contributed by atoms with van der Waals surface area (Å²) in [6.45, 7) is 9.84. The van der Waals surface area contributed by atoms with E-state index < -0.39 is 35.8 Å². The van der Waals surface area contributed by atoms with E-state index in [1.807, 2.05) is 30.3 Å². The standard InChI is InChI=1S/C28H26O8.C14H18O4/c1-17(29)33-25-10-8-23(15-27(25)35-19(3)31)13-21-6-5-7-22(12-21)14-24-9-11-26(34-18(2)30)28(16-24)36-20(4)32;1-4-5-6-12-7-8-13(17-10(2)15)14(9-12)18-11(3)16/h5-12,15-16H,13-14H2,1-4H3;7-9H,4-6H2,1-3H3. The first-order valence-corrected chi connectivity index (χ1v) is 17.2. The molecule has 4 aromatic carbocycles. The largest absolute Gasteiger partial charge is 0.423 e. The third kappa shape index (κ3) is 14.7. The van der Waals surface area contributed by atoms with Gasteiger partial charge in [-0.1, -0.05) is 55.8 Å². The van der Waals surface area contributed by atoms with Crippen molar-refractivity contribution in [1.82, 2.24) is 0 Å². The number of rotatable bonds is 13. The van der Waals surface area contributed by atoms with Crippen LogP contribution in [0.15, 0.2) is 78.9 Å². The second-order valence-electron chi connectivity index (χ2n) is 12.2. The lowest BCUT2D eigenvalue weighted by atomic mass is 9.99. The lowest BCUT2D eigenvalue weighted by Gasteiger charge is -2.12. The Bertz CT molecular complexity index is 1900. The van der Waals surface area contributed by atoms with Gasteiger partial charge in [0.25, 0.3) is 0 Å². The molecule has 0 N–H and O–H groups in total. The minimum atomic E-state index is -0.518. The molecule has 0 saturated heterocycles. The number of carbonyl (C=O) groups is 6. The Morgan fingerprint density at radius 1 is 0.389 bits per heavy atom. The number of hydrogen-bond donors (Lipinski definition) is 0. The first-order valence-electron chi connectivity index (χ1n) is 17.2. The summed E-state index contributed by atoms with van der Waals surface area (Å²) in [6, 6.07) is 23.3. The molecule has 0 amide bonds. The van der Waals surface area contributed by atoms with Crippen LogP contribution >= 0.6 is 0 Å². The minimum Gasteiger partial charge on any atom is -0.423 e. The molecular weight excluding hydrogens is 696 g/mol. The van der Waals surface area contributed by atoms with Crippen LogP contribution in [0.25, 0.3) is 0 Å². The summed E-state index contributed by atoms with van der Waals surface area (Å²) in [6.07, 6.45) is 4.16. The van der Waals surface area contributed by atoms with E-state index in [2.05, 4.69) is 6.92 Å². The van der Waals surface area contributed by atoms with E-state index >= 15 is 0 Å². The van der Waals surface area contributed by atoms with Crippen molar-refractivity contribution < 1.29 is 57.2 Å². The number of ether oxygens (including phenoxy) is 6. The molecule has 0 aromatic heterocycles. The number of unbranched alkanes of at least 4 members (excludes halogenated alkanes) is 1. The molecule has 12 heteroatoms. The molecule has 0 radical (unpaired) electrons. The zero-order valence-electron chi connectivity index (χ0n) is 31.4. The Balaban J connectivity index is 0.000000366. The Hall–Kier alpha value is -6.30. The van der Waals surface area contributed by atoms with Gasteiger partial charge in [0.2, 0.25) is 0 Å². The molecule has 4 rings (SSSR count). The maximum Gasteiger partial charge on any atom is 0.308 e. The summed E-state index contributed by atoms with van der Waals surface area (Å²) >= 11 is 0. The van der Waals surface area contributed by atoms with Crippen LogP contribution in [-0.4, -0.2) is 35.8 Å². The van der Waals surface area contributed by atoms with Crippen LogP contribution in [0, 0.1) is 0 Å². The first-order chi connectivity index (χ1) is 25.6. The SMILES string of the molecule is CC(=O)Oc1ccc(Cc2cccc(Cc3ccc(OC(C)=O)c(OC(C)=O)c3)c2)cc1OC(C)=O.CCCCc1ccc(OC(C)=O)c(OC(C)=O)c1. The van der Waals surface area contributed by atoms with Gasteiger partial charge in [0.15, 0.2) is 34.5 Å². The highest BCUT2D eigenvalue weighted by Gasteiger charge is 2.14. The minimum absolute atomic E-state index is 0.177. The van der Waals surface area contributed by atoms with Crippen molar-refractivity contribution in [2.45, 2.75) is 80.6 Å². The monoisotopic (exact) mass is 740 g/mol. The van der Waals surface area contributed by atoms with E-state index in [4.69, 9.17) is 28.4 Å². The molecule has 0 atom stereocenters. The molecule has 54 heavy (non-hydrogen) atoms. The van der Waals surface area contributed by atoms with Crippen LogP contribution in [0.4, 0.5) is 0 Å². The molecule has 0 saturated carbocycles. The van der Waals surface area contributed by atoms with Crippen LogP contribution in [0.3, 0.4) is 0 Å². The van der Waals surface area contributed by atoms with Gasteiger partial charge in [0.05, 0.1) is 0 Å². The Morgan fingerprint density at radius 3 is 1.02 bits per heavy atom. The predicted molar refractivity (Wildman–Crippen MR) is 198 cm³/mol. The Kier molecular flexibility index (Phi) is 16.1. The maximum atomic E-state index is 11.5. The van der Waals surface area contributed by atoms with Crippen molar-refractivity contribution in [2.75, 3.05) is 0 Å². The van der Waals surface area contributed by atoms with Gasteiger partial charge in [-0.2, -0.15) is 0 Å². The fraction of sp³-hybridized carbons (Fsp3) is 0.286. The van der Waals surface area contributed by atoms with E-state index in [0.29, 0.717) is 18.6 Å². The normalized spacial score (nSPS) is 10.2. The summed E-state index contributed by atoms with van der Waals surface area (Å²) in [4.78, 5) is 67.6. The number of aryl methyl sites for hydroxylation is 1. The Morgan fingerprint density at radius 2 is 0.685 bits per heavy atom. The molecule has 12 nitrogen and oxygen atoms in total. The third-order valence-corrected chi connectivity index (χ3v) is 7.17. The summed E-state index contributed by atoms with van der Waals surface area (Å²) in [5.41, 5.74) is 4.81. The molecule has 0 heterocycles. The maximum absolute atomic E-state index is 11.5. The number of benzene rings is 4. The van der Waals surface area contributed by atoms with Crippen molar-refractivity contribution in [1.29, 1.82) is 0 Å². The molecule has 0 aliphatic heterocycles. The Labute approximate surface area is 314 Å². The molecule has 0 spiro atoms. The van der Waals surface area contributed by atoms with Crippen molar-refractivity contribution >= 4 is 35.8 Å². The molecule has 0 aliphatic rings. The van der Waals surface area contributed by atoms with Gasteiger partial charge in [-0.3, -0.25) is 28.8 Å². The van der Waals surface area contributed by atoms with Crippen LogP contribution in [0.5, 0.6) is 34.5 Å². The highest BCUT2D eigenvalue weighted by atomic mass is 16.6. The van der Waals surface area contributed by atoms with E-state index in [1.165, 1.54) is 41.5 Å². The van der Waals surface area contributed by atoms with Gasteiger partial charge in [-0.25, -0.2) is 0 Å². The van der Waals surface area contributed by atoms with Crippen LogP contribution in [-0.2, 0) is 48.0 Å². The van der Waals surface area contributed by atoms with Crippen LogP contribution in [0.2, 0.25) is 0 Å². The molecule has 284 valence electrons. The lowest BCUT2D eigenvalue weighted by molar-refractivity contribution is -0.134. The van der Waals surface area contributed by atoms with Crippen molar-refractivity contribution in [2.24, 2.45) is 0 Å². The van der Waals surface area contributed by atoms with Crippen LogP contribution < -0.4 is 28.4 Å². The molecular formula is C42H44O12. The predicted octanol–water partition coefficient (Wildman–Crippen LogP) is 7.45. The van der Waals surface area contributed by atoms with Gasteiger partial charge in [-0.05, 0) is 89.9 Å². The molecule has 0 bridgehead atoms.